The van der Waals surface area contributed by atoms with Crippen LogP contribution in [0.2, 0.25) is 0 Å². The van der Waals surface area contributed by atoms with Crippen molar-refractivity contribution in [1.82, 2.24) is 10.4 Å². The van der Waals surface area contributed by atoms with Crippen LogP contribution >= 0.6 is 11.3 Å². The maximum atomic E-state index is 5.71. The molecule has 1 aromatic rings. The molecule has 1 heterocycles. The van der Waals surface area contributed by atoms with Gasteiger partial charge in [-0.3, -0.25) is 11.3 Å². The summed E-state index contributed by atoms with van der Waals surface area (Å²) < 4.78 is 0. The smallest absolute Gasteiger partial charge is 0.0940 e. The second-order valence-electron chi connectivity index (χ2n) is 5.09. The predicted molar refractivity (Wildman–Crippen MR) is 72.7 cm³/mol. The van der Waals surface area contributed by atoms with E-state index in [4.69, 9.17) is 5.84 Å². The molecule has 0 radical (unpaired) electrons. The molecular weight excluding hydrogens is 230 g/mol. The van der Waals surface area contributed by atoms with Crippen LogP contribution in [0.1, 0.15) is 44.0 Å². The van der Waals surface area contributed by atoms with Crippen LogP contribution < -0.4 is 11.3 Å². The Kier molecular flexibility index (Phi) is 4.95. The van der Waals surface area contributed by atoms with Gasteiger partial charge < -0.3 is 0 Å². The van der Waals surface area contributed by atoms with E-state index in [1.165, 1.54) is 37.1 Å². The zero-order valence-corrected chi connectivity index (χ0v) is 11.4. The lowest BCUT2D eigenvalue weighted by Gasteiger charge is -2.33. The van der Waals surface area contributed by atoms with E-state index in [1.807, 2.05) is 11.6 Å². The molecule has 96 valence electrons. The Morgan fingerprint density at radius 2 is 2.24 bits per heavy atom. The van der Waals surface area contributed by atoms with E-state index in [-0.39, 0.29) is 0 Å². The Morgan fingerprint density at radius 3 is 2.76 bits per heavy atom. The highest BCUT2D eigenvalue weighted by molar-refractivity contribution is 7.09. The van der Waals surface area contributed by atoms with Crippen LogP contribution in [0, 0.1) is 11.8 Å². The van der Waals surface area contributed by atoms with Gasteiger partial charge in [-0.05, 0) is 24.7 Å². The summed E-state index contributed by atoms with van der Waals surface area (Å²) in [5.74, 6) is 7.39. The number of hydrogen-bond acceptors (Lipinski definition) is 4. The molecule has 1 atom stereocenters. The van der Waals surface area contributed by atoms with E-state index in [0.717, 1.165) is 18.3 Å². The first-order valence-electron chi connectivity index (χ1n) is 6.68. The van der Waals surface area contributed by atoms with Gasteiger partial charge in [0.1, 0.15) is 0 Å². The minimum atomic E-state index is 0.402. The van der Waals surface area contributed by atoms with Crippen LogP contribution in [0.5, 0.6) is 0 Å². The van der Waals surface area contributed by atoms with E-state index in [1.54, 1.807) is 11.3 Å². The molecule has 0 amide bonds. The van der Waals surface area contributed by atoms with Gasteiger partial charge in [0.15, 0.2) is 0 Å². The fourth-order valence-corrected chi connectivity index (χ4v) is 3.58. The van der Waals surface area contributed by atoms with Crippen molar-refractivity contribution >= 4 is 11.3 Å². The van der Waals surface area contributed by atoms with Crippen molar-refractivity contribution in [3.8, 4) is 0 Å². The topological polar surface area (TPSA) is 50.9 Å². The van der Waals surface area contributed by atoms with Gasteiger partial charge in [0.2, 0.25) is 0 Å². The summed E-state index contributed by atoms with van der Waals surface area (Å²) in [5.41, 5.74) is 3.01. The van der Waals surface area contributed by atoms with Crippen molar-refractivity contribution in [2.75, 3.05) is 0 Å². The number of thiazole rings is 1. The highest BCUT2D eigenvalue weighted by Gasteiger charge is 2.26. The Hall–Kier alpha value is -0.450. The number of nitrogens with one attached hydrogen (secondary N) is 1. The molecule has 0 spiro atoms. The Morgan fingerprint density at radius 1 is 1.47 bits per heavy atom. The number of rotatable bonds is 5. The third kappa shape index (κ3) is 3.50. The van der Waals surface area contributed by atoms with Gasteiger partial charge in [-0.15, -0.1) is 11.3 Å². The molecule has 3 nitrogen and oxygen atoms in total. The Labute approximate surface area is 108 Å². The molecule has 3 N–H and O–H groups in total. The summed E-state index contributed by atoms with van der Waals surface area (Å²) in [7, 11) is 0. The third-order valence-electron chi connectivity index (χ3n) is 4.13. The minimum Gasteiger partial charge on any atom is -0.271 e. The third-order valence-corrected chi connectivity index (χ3v) is 4.93. The summed E-state index contributed by atoms with van der Waals surface area (Å²) in [6, 6.07) is 0.402. The number of hydrogen-bond donors (Lipinski definition) is 2. The Bertz CT molecular complexity index is 304. The summed E-state index contributed by atoms with van der Waals surface area (Å²) in [5, 5.41) is 3.24. The molecule has 1 aliphatic rings. The van der Waals surface area contributed by atoms with Gasteiger partial charge in [0.25, 0.3) is 0 Å². The zero-order valence-electron chi connectivity index (χ0n) is 10.6. The maximum Gasteiger partial charge on any atom is 0.0940 e. The van der Waals surface area contributed by atoms with Gasteiger partial charge in [-0.25, -0.2) is 4.98 Å². The van der Waals surface area contributed by atoms with Crippen LogP contribution in [-0.2, 0) is 6.42 Å². The first-order chi connectivity index (χ1) is 8.33. The highest BCUT2D eigenvalue weighted by Crippen LogP contribution is 2.33. The van der Waals surface area contributed by atoms with Gasteiger partial charge in [0, 0.05) is 24.0 Å². The number of hydrazine groups is 1. The molecule has 0 aliphatic heterocycles. The van der Waals surface area contributed by atoms with Crippen LogP contribution in [0.3, 0.4) is 0 Å². The average Bonchev–Trinajstić information content (AvgIpc) is 2.89. The molecule has 0 saturated heterocycles. The standard InChI is InChI=1S/C13H23N3S/c1-2-10-3-5-11(6-4-10)12(16-14)9-13-15-7-8-17-13/h7-8,10-12,16H,2-6,9,14H2,1H3. The van der Waals surface area contributed by atoms with Crippen LogP contribution in [0.25, 0.3) is 0 Å². The number of nitrogens with two attached hydrogens (primary N) is 1. The maximum absolute atomic E-state index is 5.71. The van der Waals surface area contributed by atoms with E-state index in [2.05, 4.69) is 17.3 Å². The van der Waals surface area contributed by atoms with Gasteiger partial charge >= 0.3 is 0 Å². The zero-order chi connectivity index (χ0) is 12.1. The van der Waals surface area contributed by atoms with Gasteiger partial charge in [-0.2, -0.15) is 0 Å². The molecule has 4 heteroatoms. The highest BCUT2D eigenvalue weighted by atomic mass is 32.1. The fourth-order valence-electron chi connectivity index (χ4n) is 2.90. The van der Waals surface area contributed by atoms with Crippen molar-refractivity contribution in [2.45, 2.75) is 51.5 Å². The molecule has 1 aliphatic carbocycles. The summed E-state index contributed by atoms with van der Waals surface area (Å²) in [6.07, 6.45) is 9.57. The van der Waals surface area contributed by atoms with Crippen LogP contribution in [-0.4, -0.2) is 11.0 Å². The molecule has 1 fully saturated rings. The van der Waals surface area contributed by atoms with Crippen LogP contribution in [0.4, 0.5) is 0 Å². The van der Waals surface area contributed by atoms with Gasteiger partial charge in [-0.1, -0.05) is 26.2 Å². The van der Waals surface area contributed by atoms with E-state index in [9.17, 15) is 0 Å². The summed E-state index contributed by atoms with van der Waals surface area (Å²) in [6.45, 7) is 2.30. The lowest BCUT2D eigenvalue weighted by molar-refractivity contribution is 0.217. The SMILES string of the molecule is CCC1CCC(C(Cc2nccs2)NN)CC1. The largest absolute Gasteiger partial charge is 0.271 e. The minimum absolute atomic E-state index is 0.402. The lowest BCUT2D eigenvalue weighted by Crippen LogP contribution is -2.43. The second kappa shape index (κ2) is 6.47. The van der Waals surface area contributed by atoms with Crippen molar-refractivity contribution in [3.05, 3.63) is 16.6 Å². The normalized spacial score (nSPS) is 26.9. The first-order valence-corrected chi connectivity index (χ1v) is 7.56. The molecule has 0 aromatic carbocycles. The molecule has 1 aromatic heterocycles. The number of aromatic nitrogens is 1. The summed E-state index contributed by atoms with van der Waals surface area (Å²) >= 11 is 1.73. The van der Waals surface area contributed by atoms with Crippen molar-refractivity contribution in [2.24, 2.45) is 17.7 Å². The predicted octanol–water partition coefficient (Wildman–Crippen LogP) is 2.73. The van der Waals surface area contributed by atoms with E-state index >= 15 is 0 Å². The quantitative estimate of drug-likeness (QED) is 0.626. The van der Waals surface area contributed by atoms with Crippen molar-refractivity contribution in [3.63, 3.8) is 0 Å². The first kappa shape index (κ1) is 13.0. The molecule has 2 rings (SSSR count). The van der Waals surface area contributed by atoms with Crippen molar-refractivity contribution < 1.29 is 0 Å². The molecule has 1 saturated carbocycles. The molecule has 1 unspecified atom stereocenters. The van der Waals surface area contributed by atoms with Crippen molar-refractivity contribution in [1.29, 1.82) is 0 Å². The molecule has 17 heavy (non-hydrogen) atoms. The second-order valence-corrected chi connectivity index (χ2v) is 6.07. The van der Waals surface area contributed by atoms with Crippen LogP contribution in [0.15, 0.2) is 11.6 Å². The van der Waals surface area contributed by atoms with E-state index < -0.39 is 0 Å². The average molecular weight is 253 g/mol. The number of nitrogens with zero attached hydrogens (tertiary/aromatic N) is 1. The van der Waals surface area contributed by atoms with E-state index in [0.29, 0.717) is 6.04 Å². The van der Waals surface area contributed by atoms with Gasteiger partial charge in [0.05, 0.1) is 5.01 Å². The molecular formula is C13H23N3S. The Balaban J connectivity index is 1.86. The summed E-state index contributed by atoms with van der Waals surface area (Å²) in [4.78, 5) is 4.35. The fraction of sp³-hybridized carbons (Fsp3) is 0.769. The molecule has 0 bridgehead atoms. The monoisotopic (exact) mass is 253 g/mol. The lowest BCUT2D eigenvalue weighted by atomic mass is 9.77.